The number of rotatable bonds is 0. The highest BCUT2D eigenvalue weighted by Crippen LogP contribution is 2.51. The molecule has 2 nitrogen and oxygen atoms in total. The lowest BCUT2D eigenvalue weighted by Gasteiger charge is -2.39. The van der Waals surface area contributed by atoms with Gasteiger partial charge < -0.3 is 4.90 Å². The molecule has 1 aromatic rings. The van der Waals surface area contributed by atoms with Gasteiger partial charge in [-0.25, -0.2) is 4.99 Å². The lowest BCUT2D eigenvalue weighted by Crippen LogP contribution is -2.42. The molecule has 2 unspecified atom stereocenters. The summed E-state index contributed by atoms with van der Waals surface area (Å²) in [5, 5.41) is 0.776. The number of nitrogens with zero attached hydrogens (tertiary/aromatic N) is 2. The van der Waals surface area contributed by atoms with Gasteiger partial charge >= 0.3 is 0 Å². The van der Waals surface area contributed by atoms with Gasteiger partial charge in [0.1, 0.15) is 5.84 Å². The first-order valence-electron chi connectivity index (χ1n) is 8.00. The molecule has 2 aliphatic carbocycles. The largest absolute Gasteiger partial charge is 0.352 e. The number of amidine groups is 1. The minimum atomic E-state index is 0.687. The van der Waals surface area contributed by atoms with Crippen molar-refractivity contribution in [3.63, 3.8) is 0 Å². The van der Waals surface area contributed by atoms with Gasteiger partial charge in [0, 0.05) is 33.6 Å². The normalized spacial score (nSPS) is 36.1. The molecule has 2 saturated carbocycles. The van der Waals surface area contributed by atoms with Gasteiger partial charge in [0.2, 0.25) is 0 Å². The third-order valence-electron chi connectivity index (χ3n) is 5.91. The maximum Gasteiger partial charge on any atom is 0.108 e. The molecule has 0 radical (unpaired) electrons. The Kier molecular flexibility index (Phi) is 2.76. The van der Waals surface area contributed by atoms with Crippen LogP contribution >= 0.6 is 27.5 Å². The molecule has 1 aromatic carbocycles. The molecule has 5 aliphatic rings. The molecular formula is C17H18BrClN2. The Bertz CT molecular complexity index is 642. The summed E-state index contributed by atoms with van der Waals surface area (Å²) in [5.74, 6) is 3.94. The van der Waals surface area contributed by atoms with Crippen LogP contribution in [0.15, 0.2) is 21.6 Å². The van der Waals surface area contributed by atoms with Crippen molar-refractivity contribution in [2.45, 2.75) is 44.7 Å². The first-order valence-corrected chi connectivity index (χ1v) is 9.17. The molecule has 4 bridgehead atoms. The third kappa shape index (κ3) is 1.93. The highest BCUT2D eigenvalue weighted by molar-refractivity contribution is 9.10. The van der Waals surface area contributed by atoms with E-state index in [1.165, 1.54) is 43.5 Å². The lowest BCUT2D eigenvalue weighted by atomic mass is 9.68. The monoisotopic (exact) mass is 364 g/mol. The van der Waals surface area contributed by atoms with Gasteiger partial charge in [0.05, 0.1) is 5.69 Å². The van der Waals surface area contributed by atoms with Crippen molar-refractivity contribution < 1.29 is 0 Å². The molecule has 110 valence electrons. The van der Waals surface area contributed by atoms with E-state index in [9.17, 15) is 0 Å². The minimum Gasteiger partial charge on any atom is -0.352 e. The maximum atomic E-state index is 6.22. The summed E-state index contributed by atoms with van der Waals surface area (Å²) >= 11 is 9.90. The standard InChI is InChI=1S/C17H18BrClN2/c18-15-6-12(19)7-16-14(15)8-21-13-4-9-1-10(5-13)3-11(2-9)17(21)20-16/h6-7,9-11,13H,1-5,8H2. The van der Waals surface area contributed by atoms with Gasteiger partial charge in [0.25, 0.3) is 0 Å². The number of halogens is 2. The number of benzene rings is 1. The first kappa shape index (κ1) is 13.0. The van der Waals surface area contributed by atoms with E-state index in [0.29, 0.717) is 5.92 Å². The van der Waals surface area contributed by atoms with Gasteiger partial charge in [-0.05, 0) is 56.1 Å². The van der Waals surface area contributed by atoms with Crippen LogP contribution in [0.4, 0.5) is 5.69 Å². The van der Waals surface area contributed by atoms with Crippen LogP contribution in [0.25, 0.3) is 0 Å². The minimum absolute atomic E-state index is 0.687. The fourth-order valence-corrected chi connectivity index (χ4v) is 6.13. The van der Waals surface area contributed by atoms with Crippen molar-refractivity contribution in [3.8, 4) is 0 Å². The molecule has 6 rings (SSSR count). The number of hydrogen-bond donors (Lipinski definition) is 0. The van der Waals surface area contributed by atoms with Crippen molar-refractivity contribution in [2.24, 2.45) is 22.7 Å². The van der Waals surface area contributed by atoms with Crippen LogP contribution in [-0.2, 0) is 6.54 Å². The van der Waals surface area contributed by atoms with E-state index in [-0.39, 0.29) is 0 Å². The Morgan fingerprint density at radius 1 is 1.10 bits per heavy atom. The van der Waals surface area contributed by atoms with Crippen molar-refractivity contribution >= 4 is 39.1 Å². The molecule has 4 heteroatoms. The summed E-state index contributed by atoms with van der Waals surface area (Å²) < 4.78 is 1.11. The summed E-state index contributed by atoms with van der Waals surface area (Å²) in [6.45, 7) is 1.01. The topological polar surface area (TPSA) is 15.6 Å². The predicted molar refractivity (Wildman–Crippen MR) is 89.1 cm³/mol. The molecule has 3 aliphatic heterocycles. The maximum absolute atomic E-state index is 6.22. The van der Waals surface area contributed by atoms with Crippen LogP contribution in [0, 0.1) is 17.8 Å². The summed E-state index contributed by atoms with van der Waals surface area (Å²) in [5.41, 5.74) is 2.39. The van der Waals surface area contributed by atoms with E-state index in [2.05, 4.69) is 20.8 Å². The van der Waals surface area contributed by atoms with E-state index in [0.717, 1.165) is 39.6 Å². The molecule has 3 heterocycles. The highest BCUT2D eigenvalue weighted by atomic mass is 79.9. The Labute approximate surface area is 138 Å². The summed E-state index contributed by atoms with van der Waals surface area (Å²) in [4.78, 5) is 7.70. The molecule has 4 fully saturated rings. The smallest absolute Gasteiger partial charge is 0.108 e. The third-order valence-corrected chi connectivity index (χ3v) is 6.84. The van der Waals surface area contributed by atoms with Crippen LogP contribution in [-0.4, -0.2) is 16.8 Å². The SMILES string of the molecule is Clc1cc(Br)c2c(c1)N=C1C3CC4CC(C3)CC(C4)N1C2. The zero-order valence-corrected chi connectivity index (χ0v) is 14.2. The fraction of sp³-hybridized carbons (Fsp3) is 0.588. The number of hydrogen-bond acceptors (Lipinski definition) is 2. The Morgan fingerprint density at radius 2 is 1.86 bits per heavy atom. The van der Waals surface area contributed by atoms with Crippen molar-refractivity contribution in [1.82, 2.24) is 4.90 Å². The van der Waals surface area contributed by atoms with Gasteiger partial charge in [-0.15, -0.1) is 0 Å². The molecule has 21 heavy (non-hydrogen) atoms. The Hall–Kier alpha value is -0.540. The van der Waals surface area contributed by atoms with Crippen LogP contribution in [0.1, 0.15) is 37.7 Å². The number of aliphatic imine (C=N–C) groups is 1. The van der Waals surface area contributed by atoms with E-state index in [1.54, 1.807) is 0 Å². The second-order valence-corrected chi connectivity index (χ2v) is 8.54. The van der Waals surface area contributed by atoms with Gasteiger partial charge in [-0.1, -0.05) is 27.5 Å². The van der Waals surface area contributed by atoms with Crippen LogP contribution in [0.5, 0.6) is 0 Å². The fourth-order valence-electron chi connectivity index (χ4n) is 5.21. The molecule has 0 spiro atoms. The average molecular weight is 366 g/mol. The molecule has 0 aromatic heterocycles. The summed E-state index contributed by atoms with van der Waals surface area (Å²) in [6, 6.07) is 4.75. The van der Waals surface area contributed by atoms with Crippen molar-refractivity contribution in [3.05, 3.63) is 27.2 Å². The molecule has 0 amide bonds. The van der Waals surface area contributed by atoms with E-state index in [4.69, 9.17) is 16.6 Å². The Balaban J connectivity index is 1.66. The molecular weight excluding hydrogens is 348 g/mol. The lowest BCUT2D eigenvalue weighted by molar-refractivity contribution is 0.128. The molecule has 0 N–H and O–H groups in total. The first-order chi connectivity index (χ1) is 10.2. The van der Waals surface area contributed by atoms with Gasteiger partial charge in [-0.3, -0.25) is 0 Å². The molecule has 2 saturated heterocycles. The van der Waals surface area contributed by atoms with E-state index in [1.807, 2.05) is 12.1 Å². The van der Waals surface area contributed by atoms with Crippen LogP contribution in [0.2, 0.25) is 5.02 Å². The average Bonchev–Trinajstić information content (AvgIpc) is 2.59. The predicted octanol–water partition coefficient (Wildman–Crippen LogP) is 5.16. The van der Waals surface area contributed by atoms with Gasteiger partial charge in [-0.2, -0.15) is 0 Å². The summed E-state index contributed by atoms with van der Waals surface area (Å²) in [7, 11) is 0. The summed E-state index contributed by atoms with van der Waals surface area (Å²) in [6.07, 6.45) is 6.95. The van der Waals surface area contributed by atoms with Gasteiger partial charge in [0.15, 0.2) is 0 Å². The van der Waals surface area contributed by atoms with Crippen molar-refractivity contribution in [2.75, 3.05) is 0 Å². The second kappa shape index (κ2) is 4.48. The van der Waals surface area contributed by atoms with Crippen molar-refractivity contribution in [1.29, 1.82) is 0 Å². The van der Waals surface area contributed by atoms with Crippen LogP contribution in [0.3, 0.4) is 0 Å². The zero-order chi connectivity index (χ0) is 14.1. The van der Waals surface area contributed by atoms with E-state index >= 15 is 0 Å². The molecule has 2 atom stereocenters. The van der Waals surface area contributed by atoms with Crippen LogP contribution < -0.4 is 0 Å². The quantitative estimate of drug-likeness (QED) is 0.620. The second-order valence-electron chi connectivity index (χ2n) is 7.24. The Morgan fingerprint density at radius 3 is 2.62 bits per heavy atom. The number of fused-ring (bicyclic) bond motifs is 1. The highest BCUT2D eigenvalue weighted by Gasteiger charge is 2.46. The zero-order valence-electron chi connectivity index (χ0n) is 11.9. The van der Waals surface area contributed by atoms with E-state index < -0.39 is 0 Å².